The Kier molecular flexibility index (Phi) is 17.4. The van der Waals surface area contributed by atoms with E-state index in [0.29, 0.717) is 57.7 Å². The summed E-state index contributed by atoms with van der Waals surface area (Å²) in [5.41, 5.74) is 1.55. The summed E-state index contributed by atoms with van der Waals surface area (Å²) in [6, 6.07) is 4.25. The second kappa shape index (κ2) is 22.8. The molecule has 0 radical (unpaired) electrons. The van der Waals surface area contributed by atoms with Crippen LogP contribution in [-0.2, 0) is 52.8 Å². The SMILES string of the molecule is [3H]c1cn(CCOCCOCCCC(=O)[C@H](CC(=O)NCCc2cnc[nH]2)NC(=O)[C@H](CC(=O)[C@H](Cc2ccc(O)cc2)NC(C)=O)CC(C)C)nn1. The van der Waals surface area contributed by atoms with E-state index in [1.54, 1.807) is 18.3 Å². The monoisotopic (exact) mass is 726 g/mol. The number of carbonyl (C=O) groups excluding carboxylic acids is 5. The van der Waals surface area contributed by atoms with Gasteiger partial charge in [-0.2, -0.15) is 0 Å². The maximum atomic E-state index is 13.8. The van der Waals surface area contributed by atoms with E-state index in [4.69, 9.17) is 10.8 Å². The van der Waals surface area contributed by atoms with Gasteiger partial charge in [0.15, 0.2) is 11.6 Å². The third-order valence-corrected chi connectivity index (χ3v) is 8.06. The Bertz CT molecular complexity index is 1580. The van der Waals surface area contributed by atoms with Crippen molar-refractivity contribution in [2.75, 3.05) is 33.0 Å². The summed E-state index contributed by atoms with van der Waals surface area (Å²) in [7, 11) is 0. The minimum Gasteiger partial charge on any atom is -0.508 e. The number of H-pyrrole nitrogens is 1. The standard InChI is InChI=1S/C36H52N8O8/c1-25(2)19-28(21-34(48)31(41-26(3)45)20-27-6-8-30(46)9-7-27)36(50)42-32(22-35(49)38-11-10-29-23-37-24-39-29)33(47)5-4-15-51-17-18-52-16-14-44-13-12-40-43-44/h6-9,12-13,23-25,28,31-32,46H,4-5,10-11,14-22H2,1-3H3,(H,37,39)(H,38,49)(H,41,45)(H,42,50)/t28-,31-,32-/m0/s1/i12T. The minimum atomic E-state index is -1.13. The fraction of sp³-hybridized carbons (Fsp3) is 0.556. The Morgan fingerprint density at radius 1 is 0.981 bits per heavy atom. The summed E-state index contributed by atoms with van der Waals surface area (Å²) in [6.45, 7) is 7.13. The number of phenols is 1. The number of aromatic nitrogens is 5. The highest BCUT2D eigenvalue weighted by Gasteiger charge is 2.31. The molecular weight excluding hydrogens is 672 g/mol. The number of Topliss-reactive ketones (excluding diaryl/α,β-unsaturated/α-hetero) is 2. The number of benzene rings is 1. The fourth-order valence-electron chi connectivity index (χ4n) is 5.46. The van der Waals surface area contributed by atoms with Gasteiger partial charge in [0, 0.05) is 63.3 Å². The van der Waals surface area contributed by atoms with E-state index in [9.17, 15) is 29.1 Å². The average Bonchev–Trinajstić information content (AvgIpc) is 3.78. The molecule has 1 aromatic carbocycles. The Labute approximate surface area is 305 Å². The molecule has 52 heavy (non-hydrogen) atoms. The van der Waals surface area contributed by atoms with Gasteiger partial charge >= 0.3 is 0 Å². The highest BCUT2D eigenvalue weighted by atomic mass is 16.5. The normalized spacial score (nSPS) is 13.2. The summed E-state index contributed by atoms with van der Waals surface area (Å²) in [4.78, 5) is 72.7. The number of nitrogens with one attached hydrogen (secondary N) is 4. The van der Waals surface area contributed by atoms with Crippen LogP contribution in [0.4, 0.5) is 0 Å². The average molecular weight is 727 g/mol. The Balaban J connectivity index is 1.58. The first-order valence-corrected chi connectivity index (χ1v) is 17.6. The van der Waals surface area contributed by atoms with Gasteiger partial charge in [0.25, 0.3) is 0 Å². The van der Waals surface area contributed by atoms with Gasteiger partial charge in [-0.25, -0.2) is 4.98 Å². The van der Waals surface area contributed by atoms with Crippen LogP contribution in [0.5, 0.6) is 5.75 Å². The lowest BCUT2D eigenvalue weighted by Crippen LogP contribution is -2.48. The number of carbonyl (C=O) groups is 5. The zero-order valence-corrected chi connectivity index (χ0v) is 30.1. The predicted octanol–water partition coefficient (Wildman–Crippen LogP) is 1.69. The number of phenolic OH excluding ortho intramolecular Hbond substituents is 1. The number of aromatic amines is 1. The third-order valence-electron chi connectivity index (χ3n) is 8.06. The summed E-state index contributed by atoms with van der Waals surface area (Å²) in [5, 5.41) is 25.3. The van der Waals surface area contributed by atoms with Gasteiger partial charge < -0.3 is 35.5 Å². The van der Waals surface area contributed by atoms with E-state index in [2.05, 4.69) is 36.2 Å². The van der Waals surface area contributed by atoms with E-state index >= 15 is 0 Å². The molecule has 0 unspecified atom stereocenters. The van der Waals surface area contributed by atoms with Crippen molar-refractivity contribution in [1.82, 2.24) is 40.9 Å². The van der Waals surface area contributed by atoms with Crippen LogP contribution in [0.25, 0.3) is 0 Å². The summed E-state index contributed by atoms with van der Waals surface area (Å²) in [5.74, 6) is -2.78. The quantitative estimate of drug-likeness (QED) is 0.0750. The third kappa shape index (κ3) is 16.4. The minimum absolute atomic E-state index is 0.0228. The van der Waals surface area contributed by atoms with E-state index in [1.165, 1.54) is 36.3 Å². The van der Waals surface area contributed by atoms with Crippen LogP contribution in [-0.4, -0.2) is 104 Å². The largest absolute Gasteiger partial charge is 0.508 e. The lowest BCUT2D eigenvalue weighted by atomic mass is 9.88. The fourth-order valence-corrected chi connectivity index (χ4v) is 5.46. The Morgan fingerprint density at radius 3 is 2.38 bits per heavy atom. The molecule has 5 N–H and O–H groups in total. The van der Waals surface area contributed by atoms with Gasteiger partial charge in [-0.15, -0.1) is 5.10 Å². The molecule has 0 aliphatic carbocycles. The second-order valence-corrected chi connectivity index (χ2v) is 13.0. The van der Waals surface area contributed by atoms with Gasteiger partial charge in [0.2, 0.25) is 17.7 Å². The van der Waals surface area contributed by atoms with Crippen LogP contribution in [0.2, 0.25) is 0 Å². The number of nitrogens with zero attached hydrogens (tertiary/aromatic N) is 4. The first-order valence-electron chi connectivity index (χ1n) is 18.1. The second-order valence-electron chi connectivity index (χ2n) is 13.0. The number of rotatable bonds is 26. The van der Waals surface area contributed by atoms with Crippen LogP contribution in [0.1, 0.15) is 65.5 Å². The summed E-state index contributed by atoms with van der Waals surface area (Å²) >= 11 is 0. The van der Waals surface area contributed by atoms with Crippen molar-refractivity contribution in [3.8, 4) is 5.75 Å². The van der Waals surface area contributed by atoms with Crippen LogP contribution in [0.3, 0.4) is 0 Å². The molecule has 0 spiro atoms. The van der Waals surface area contributed by atoms with Crippen molar-refractivity contribution >= 4 is 29.3 Å². The lowest BCUT2D eigenvalue weighted by Gasteiger charge is -2.25. The van der Waals surface area contributed by atoms with Crippen LogP contribution < -0.4 is 16.0 Å². The van der Waals surface area contributed by atoms with Crippen molar-refractivity contribution < 1.29 is 39.9 Å². The molecule has 0 aliphatic heterocycles. The predicted molar refractivity (Wildman–Crippen MR) is 190 cm³/mol. The number of hydrogen-bond acceptors (Lipinski definition) is 11. The van der Waals surface area contributed by atoms with Crippen molar-refractivity contribution in [3.63, 3.8) is 0 Å². The van der Waals surface area contributed by atoms with Crippen molar-refractivity contribution in [3.05, 3.63) is 60.4 Å². The molecule has 3 aromatic rings. The topological polar surface area (TPSA) is 220 Å². The molecule has 0 saturated carbocycles. The zero-order chi connectivity index (χ0) is 38.6. The van der Waals surface area contributed by atoms with Gasteiger partial charge in [0.05, 0.1) is 58.7 Å². The van der Waals surface area contributed by atoms with Gasteiger partial charge in [-0.1, -0.05) is 31.2 Å². The molecule has 0 bridgehead atoms. The Morgan fingerprint density at radius 2 is 1.73 bits per heavy atom. The molecular formula is C36H52N8O8. The molecule has 3 atom stereocenters. The van der Waals surface area contributed by atoms with Gasteiger partial charge in [0.1, 0.15) is 5.75 Å². The highest BCUT2D eigenvalue weighted by molar-refractivity contribution is 5.96. The molecule has 0 aliphatic rings. The molecule has 3 rings (SSSR count). The highest BCUT2D eigenvalue weighted by Crippen LogP contribution is 2.20. The van der Waals surface area contributed by atoms with Crippen LogP contribution in [0.15, 0.2) is 49.2 Å². The van der Waals surface area contributed by atoms with Gasteiger partial charge in [-0.05, 0) is 42.9 Å². The molecule has 284 valence electrons. The van der Waals surface area contributed by atoms with Crippen LogP contribution in [0, 0.1) is 11.8 Å². The lowest BCUT2D eigenvalue weighted by molar-refractivity contribution is -0.135. The number of ether oxygens (including phenoxy) is 2. The van der Waals surface area contributed by atoms with Crippen molar-refractivity contribution in [2.45, 2.75) is 84.3 Å². The maximum Gasteiger partial charge on any atom is 0.224 e. The van der Waals surface area contributed by atoms with Gasteiger partial charge in [-0.3, -0.25) is 28.7 Å². The van der Waals surface area contributed by atoms with E-state index in [1.807, 2.05) is 13.8 Å². The molecule has 2 heterocycles. The molecule has 2 aromatic heterocycles. The first kappa shape index (κ1) is 39.8. The zero-order valence-electron chi connectivity index (χ0n) is 31.1. The molecule has 16 heteroatoms. The smallest absolute Gasteiger partial charge is 0.224 e. The molecule has 0 fully saturated rings. The van der Waals surface area contributed by atoms with Crippen LogP contribution >= 0.6 is 0 Å². The summed E-state index contributed by atoms with van der Waals surface area (Å²) in [6.07, 6.45) is 5.68. The number of imidazole rings is 1. The van der Waals surface area contributed by atoms with E-state index in [-0.39, 0.29) is 61.7 Å². The number of amides is 3. The maximum absolute atomic E-state index is 13.8. The molecule has 0 saturated heterocycles. The Hall–Kier alpha value is -4.96. The molecule has 16 nitrogen and oxygen atoms in total. The summed E-state index contributed by atoms with van der Waals surface area (Å²) < 4.78 is 20.0. The first-order chi connectivity index (χ1) is 25.4. The number of aromatic hydroxyl groups is 1. The van der Waals surface area contributed by atoms with Crippen molar-refractivity contribution in [1.29, 1.82) is 0 Å². The van der Waals surface area contributed by atoms with Crippen molar-refractivity contribution in [2.24, 2.45) is 11.8 Å². The number of ketones is 2. The van der Waals surface area contributed by atoms with E-state index < -0.39 is 35.7 Å². The molecule has 3 amide bonds. The van der Waals surface area contributed by atoms with E-state index in [0.717, 1.165) is 5.69 Å². The number of hydrogen-bond donors (Lipinski definition) is 5.